The lowest BCUT2D eigenvalue weighted by molar-refractivity contribution is -0.118. The lowest BCUT2D eigenvalue weighted by atomic mass is 10.2. The van der Waals surface area contributed by atoms with E-state index >= 15 is 0 Å². The highest BCUT2D eigenvalue weighted by atomic mass is 35.5. The number of hydrogen-bond acceptors (Lipinski definition) is 4. The van der Waals surface area contributed by atoms with Crippen molar-refractivity contribution in [2.24, 2.45) is 0 Å². The van der Waals surface area contributed by atoms with Crippen LogP contribution >= 0.6 is 11.6 Å². The molecule has 1 aromatic rings. The summed E-state index contributed by atoms with van der Waals surface area (Å²) in [5, 5.41) is 3.17. The van der Waals surface area contributed by atoms with Gasteiger partial charge in [0.25, 0.3) is 0 Å². The average Bonchev–Trinajstić information content (AvgIpc) is 2.36. The van der Waals surface area contributed by atoms with Crippen LogP contribution in [0.3, 0.4) is 0 Å². The quantitative estimate of drug-likeness (QED) is 0.729. The first-order valence-corrected chi connectivity index (χ1v) is 8.85. The number of hydrogen-bond donors (Lipinski definition) is 1. The lowest BCUT2D eigenvalue weighted by Gasteiger charge is -2.10. The molecule has 1 N–H and O–H groups in total. The van der Waals surface area contributed by atoms with Gasteiger partial charge < -0.3 is 10.2 Å². The first-order chi connectivity index (χ1) is 9.78. The van der Waals surface area contributed by atoms with Crippen molar-refractivity contribution in [2.75, 3.05) is 32.9 Å². The summed E-state index contributed by atoms with van der Waals surface area (Å²) >= 11 is 5.74. The Morgan fingerprint density at radius 3 is 2.43 bits per heavy atom. The zero-order valence-corrected chi connectivity index (χ0v) is 13.9. The van der Waals surface area contributed by atoms with Crippen LogP contribution in [0.25, 0.3) is 0 Å². The second-order valence-electron chi connectivity index (χ2n) is 5.17. The molecule has 0 saturated carbocycles. The van der Waals surface area contributed by atoms with Crippen LogP contribution in [0.1, 0.15) is 12.0 Å². The summed E-state index contributed by atoms with van der Waals surface area (Å²) in [5.74, 6) is -1.10. The van der Waals surface area contributed by atoms with Crippen molar-refractivity contribution in [2.45, 2.75) is 12.2 Å². The van der Waals surface area contributed by atoms with Crippen molar-refractivity contribution in [1.82, 2.24) is 10.2 Å². The minimum Gasteiger partial charge on any atom is -0.355 e. The van der Waals surface area contributed by atoms with Crippen molar-refractivity contribution in [3.8, 4) is 0 Å². The van der Waals surface area contributed by atoms with E-state index in [-0.39, 0.29) is 5.75 Å². The van der Waals surface area contributed by atoms with Gasteiger partial charge in [0.1, 0.15) is 5.75 Å². The van der Waals surface area contributed by atoms with Crippen molar-refractivity contribution in [1.29, 1.82) is 0 Å². The van der Waals surface area contributed by atoms with E-state index in [9.17, 15) is 13.2 Å². The number of sulfone groups is 1. The summed E-state index contributed by atoms with van der Waals surface area (Å²) in [5.41, 5.74) is 0.625. The Hall–Kier alpha value is -1.11. The minimum absolute atomic E-state index is 0.157. The molecular formula is C14H21ClN2O3S. The van der Waals surface area contributed by atoms with Gasteiger partial charge in [-0.1, -0.05) is 23.7 Å². The molecule has 118 valence electrons. The molecule has 0 fully saturated rings. The molecule has 0 bridgehead atoms. The van der Waals surface area contributed by atoms with Crippen LogP contribution in [-0.4, -0.2) is 52.2 Å². The molecule has 0 saturated heterocycles. The monoisotopic (exact) mass is 332 g/mol. The molecule has 0 aliphatic carbocycles. The number of amides is 1. The molecule has 0 aliphatic heterocycles. The SMILES string of the molecule is CN(C)CCCNC(=O)CS(=O)(=O)Cc1ccc(Cl)cc1. The molecule has 0 spiro atoms. The molecule has 21 heavy (non-hydrogen) atoms. The fourth-order valence-electron chi connectivity index (χ4n) is 1.76. The van der Waals surface area contributed by atoms with Gasteiger partial charge in [0, 0.05) is 11.6 Å². The molecule has 0 radical (unpaired) electrons. The van der Waals surface area contributed by atoms with E-state index < -0.39 is 21.5 Å². The zero-order chi connectivity index (χ0) is 15.9. The van der Waals surface area contributed by atoms with E-state index in [4.69, 9.17) is 11.6 Å². The molecular weight excluding hydrogens is 312 g/mol. The van der Waals surface area contributed by atoms with Gasteiger partial charge in [0.15, 0.2) is 9.84 Å². The molecule has 0 heterocycles. The molecule has 1 aromatic carbocycles. The Morgan fingerprint density at radius 1 is 1.24 bits per heavy atom. The highest BCUT2D eigenvalue weighted by Crippen LogP contribution is 2.12. The average molecular weight is 333 g/mol. The number of carbonyl (C=O) groups excluding carboxylic acids is 1. The van der Waals surface area contributed by atoms with Gasteiger partial charge in [-0.3, -0.25) is 4.79 Å². The Morgan fingerprint density at radius 2 is 1.86 bits per heavy atom. The number of halogens is 1. The third-order valence-electron chi connectivity index (χ3n) is 2.76. The number of nitrogens with zero attached hydrogens (tertiary/aromatic N) is 1. The molecule has 0 aliphatic rings. The standard InChI is InChI=1S/C14H21ClN2O3S/c1-17(2)9-3-8-16-14(18)11-21(19,20)10-12-4-6-13(15)7-5-12/h4-7H,3,8-11H2,1-2H3,(H,16,18). The Kier molecular flexibility index (Phi) is 7.14. The van der Waals surface area contributed by atoms with Crippen LogP contribution in [0.5, 0.6) is 0 Å². The van der Waals surface area contributed by atoms with Crippen LogP contribution < -0.4 is 5.32 Å². The molecule has 1 rings (SSSR count). The van der Waals surface area contributed by atoms with E-state index in [2.05, 4.69) is 5.32 Å². The van der Waals surface area contributed by atoms with E-state index in [1.807, 2.05) is 19.0 Å². The number of benzene rings is 1. The predicted molar refractivity (Wildman–Crippen MR) is 85.1 cm³/mol. The number of carbonyl (C=O) groups is 1. The van der Waals surface area contributed by atoms with Gasteiger partial charge in [-0.05, 0) is 44.8 Å². The Labute approximate surface area is 131 Å². The third-order valence-corrected chi connectivity index (χ3v) is 4.48. The minimum atomic E-state index is -3.47. The van der Waals surface area contributed by atoms with Crippen molar-refractivity contribution in [3.05, 3.63) is 34.9 Å². The molecule has 7 heteroatoms. The van der Waals surface area contributed by atoms with Crippen LogP contribution in [0.4, 0.5) is 0 Å². The normalized spacial score (nSPS) is 11.6. The second kappa shape index (κ2) is 8.36. The maximum Gasteiger partial charge on any atom is 0.235 e. The second-order valence-corrected chi connectivity index (χ2v) is 7.67. The van der Waals surface area contributed by atoms with Crippen LogP contribution in [0.2, 0.25) is 5.02 Å². The van der Waals surface area contributed by atoms with E-state index in [0.29, 0.717) is 17.1 Å². The van der Waals surface area contributed by atoms with Crippen LogP contribution in [0.15, 0.2) is 24.3 Å². The summed E-state index contributed by atoms with van der Waals surface area (Å²) in [6, 6.07) is 6.56. The highest BCUT2D eigenvalue weighted by molar-refractivity contribution is 7.91. The zero-order valence-electron chi connectivity index (χ0n) is 12.3. The van der Waals surface area contributed by atoms with E-state index in [0.717, 1.165) is 13.0 Å². The largest absolute Gasteiger partial charge is 0.355 e. The Bertz CT molecular complexity index is 556. The molecule has 0 aromatic heterocycles. The molecule has 0 unspecified atom stereocenters. The number of nitrogens with one attached hydrogen (secondary N) is 1. The smallest absolute Gasteiger partial charge is 0.235 e. The summed E-state index contributed by atoms with van der Waals surface area (Å²) < 4.78 is 23.9. The van der Waals surface area contributed by atoms with Gasteiger partial charge >= 0.3 is 0 Å². The summed E-state index contributed by atoms with van der Waals surface area (Å²) in [7, 11) is 0.420. The third kappa shape index (κ3) is 8.04. The maximum absolute atomic E-state index is 11.9. The first kappa shape index (κ1) is 17.9. The molecule has 0 atom stereocenters. The van der Waals surface area contributed by atoms with Crippen molar-refractivity contribution >= 4 is 27.3 Å². The molecule has 5 nitrogen and oxygen atoms in total. The first-order valence-electron chi connectivity index (χ1n) is 6.65. The predicted octanol–water partition coefficient (Wildman–Crippen LogP) is 1.32. The van der Waals surface area contributed by atoms with E-state index in [1.165, 1.54) is 0 Å². The number of rotatable bonds is 8. The summed E-state index contributed by atoms with van der Waals surface area (Å²) in [4.78, 5) is 13.6. The molecule has 1 amide bonds. The van der Waals surface area contributed by atoms with Crippen LogP contribution in [-0.2, 0) is 20.4 Å². The van der Waals surface area contributed by atoms with Gasteiger partial charge in [-0.2, -0.15) is 0 Å². The summed E-state index contributed by atoms with van der Waals surface area (Å²) in [6.07, 6.45) is 0.788. The van der Waals surface area contributed by atoms with Gasteiger partial charge in [-0.15, -0.1) is 0 Å². The van der Waals surface area contributed by atoms with Crippen LogP contribution in [0, 0.1) is 0 Å². The van der Waals surface area contributed by atoms with Gasteiger partial charge in [-0.25, -0.2) is 8.42 Å². The fraction of sp³-hybridized carbons (Fsp3) is 0.500. The Balaban J connectivity index is 2.41. The van der Waals surface area contributed by atoms with Gasteiger partial charge in [0.2, 0.25) is 5.91 Å². The fourth-order valence-corrected chi connectivity index (χ4v) is 3.19. The van der Waals surface area contributed by atoms with Crippen molar-refractivity contribution < 1.29 is 13.2 Å². The van der Waals surface area contributed by atoms with E-state index in [1.54, 1.807) is 24.3 Å². The van der Waals surface area contributed by atoms with Crippen molar-refractivity contribution in [3.63, 3.8) is 0 Å². The topological polar surface area (TPSA) is 66.5 Å². The van der Waals surface area contributed by atoms with Gasteiger partial charge in [0.05, 0.1) is 5.75 Å². The lowest BCUT2D eigenvalue weighted by Crippen LogP contribution is -2.32. The highest BCUT2D eigenvalue weighted by Gasteiger charge is 2.17. The maximum atomic E-state index is 11.9. The summed E-state index contributed by atoms with van der Waals surface area (Å²) in [6.45, 7) is 1.32.